The maximum Gasteiger partial charge on any atom is 0.0502 e. The van der Waals surface area contributed by atoms with Gasteiger partial charge >= 0.3 is 0 Å². The number of rotatable bonds is 5. The lowest BCUT2D eigenvalue weighted by Gasteiger charge is -2.05. The number of benzene rings is 2. The van der Waals surface area contributed by atoms with Crippen LogP contribution in [0.3, 0.4) is 0 Å². The van der Waals surface area contributed by atoms with Crippen LogP contribution in [0.5, 0.6) is 0 Å². The third-order valence-electron chi connectivity index (χ3n) is 3.96. The van der Waals surface area contributed by atoms with Crippen molar-refractivity contribution in [3.63, 3.8) is 0 Å². The summed E-state index contributed by atoms with van der Waals surface area (Å²) < 4.78 is 3.52. The van der Waals surface area contributed by atoms with Crippen LogP contribution in [-0.2, 0) is 13.1 Å². The highest BCUT2D eigenvalue weighted by molar-refractivity contribution is 9.10. The molecule has 0 atom stereocenters. The summed E-state index contributed by atoms with van der Waals surface area (Å²) >= 11 is 3.59. The van der Waals surface area contributed by atoms with Crippen LogP contribution in [0.25, 0.3) is 21.8 Å². The fraction of sp³-hybridized carbons (Fsp3) is 0.333. The summed E-state index contributed by atoms with van der Waals surface area (Å²) in [4.78, 5) is 0. The number of nitrogens with one attached hydrogen (secondary N) is 1. The van der Waals surface area contributed by atoms with E-state index in [2.05, 4.69) is 76.1 Å². The van der Waals surface area contributed by atoms with E-state index in [4.69, 9.17) is 0 Å². The molecule has 3 rings (SSSR count). The normalized spacial score (nSPS) is 11.6. The van der Waals surface area contributed by atoms with Crippen molar-refractivity contribution in [2.24, 2.45) is 0 Å². The van der Waals surface area contributed by atoms with Gasteiger partial charge in [-0.05, 0) is 49.7 Å². The van der Waals surface area contributed by atoms with Crippen LogP contribution in [0.15, 0.2) is 40.9 Å². The lowest BCUT2D eigenvalue weighted by atomic mass is 10.1. The highest BCUT2D eigenvalue weighted by atomic mass is 79.9. The minimum Gasteiger partial charge on any atom is -0.341 e. The molecule has 3 aromatic rings. The van der Waals surface area contributed by atoms with Gasteiger partial charge in [0.15, 0.2) is 0 Å². The molecule has 0 unspecified atom stereocenters. The van der Waals surface area contributed by atoms with E-state index in [1.54, 1.807) is 0 Å². The first-order chi connectivity index (χ1) is 10.2. The van der Waals surface area contributed by atoms with Gasteiger partial charge in [0.2, 0.25) is 0 Å². The molecule has 0 aliphatic heterocycles. The first-order valence-corrected chi connectivity index (χ1v) is 8.45. The summed E-state index contributed by atoms with van der Waals surface area (Å²) in [5.74, 6) is 0. The van der Waals surface area contributed by atoms with Crippen molar-refractivity contribution < 1.29 is 0 Å². The number of nitrogens with zero attached hydrogens (tertiary/aromatic N) is 1. The minimum atomic E-state index is 0.944. The summed E-state index contributed by atoms with van der Waals surface area (Å²) in [5, 5.41) is 6.18. The zero-order valence-electron chi connectivity index (χ0n) is 12.6. The molecule has 1 aromatic heterocycles. The second-order valence-electron chi connectivity index (χ2n) is 5.43. The Balaban J connectivity index is 2.13. The molecule has 3 heteroatoms. The standard InChI is InChI=1S/C18H21BrN2/c1-3-9-20-12-13-5-8-17-16(10-13)15-7-6-14(19)11-18(15)21(17)4-2/h5-8,10-11,20H,3-4,9,12H2,1-2H3. The van der Waals surface area contributed by atoms with Gasteiger partial charge in [0.25, 0.3) is 0 Å². The molecule has 0 spiro atoms. The van der Waals surface area contributed by atoms with Crippen LogP contribution in [0.2, 0.25) is 0 Å². The monoisotopic (exact) mass is 344 g/mol. The van der Waals surface area contributed by atoms with Crippen LogP contribution >= 0.6 is 15.9 Å². The molecule has 0 aliphatic carbocycles. The Labute approximate surface area is 134 Å². The fourth-order valence-electron chi connectivity index (χ4n) is 2.98. The molecule has 0 saturated heterocycles. The molecule has 1 heterocycles. The van der Waals surface area contributed by atoms with E-state index in [0.29, 0.717) is 0 Å². The lowest BCUT2D eigenvalue weighted by molar-refractivity contribution is 0.676. The van der Waals surface area contributed by atoms with Crippen molar-refractivity contribution in [2.45, 2.75) is 33.4 Å². The Morgan fingerprint density at radius 3 is 2.62 bits per heavy atom. The van der Waals surface area contributed by atoms with Gasteiger partial charge in [-0.25, -0.2) is 0 Å². The molecule has 2 nitrogen and oxygen atoms in total. The van der Waals surface area contributed by atoms with Gasteiger partial charge < -0.3 is 9.88 Å². The predicted octanol–water partition coefficient (Wildman–Crippen LogP) is 5.08. The zero-order valence-corrected chi connectivity index (χ0v) is 14.2. The van der Waals surface area contributed by atoms with E-state index in [-0.39, 0.29) is 0 Å². The number of aromatic nitrogens is 1. The first kappa shape index (κ1) is 14.6. The van der Waals surface area contributed by atoms with Crippen LogP contribution < -0.4 is 5.32 Å². The molecule has 1 N–H and O–H groups in total. The van der Waals surface area contributed by atoms with Crippen molar-refractivity contribution in [1.82, 2.24) is 9.88 Å². The largest absolute Gasteiger partial charge is 0.341 e. The number of halogens is 1. The van der Waals surface area contributed by atoms with Crippen molar-refractivity contribution in [1.29, 1.82) is 0 Å². The highest BCUT2D eigenvalue weighted by Gasteiger charge is 2.10. The first-order valence-electron chi connectivity index (χ1n) is 7.65. The SMILES string of the molecule is CCCNCc1ccc2c(c1)c1ccc(Br)cc1n2CC. The molecular formula is C18H21BrN2. The molecule has 0 aliphatic rings. The Morgan fingerprint density at radius 1 is 1.00 bits per heavy atom. The molecule has 0 fully saturated rings. The van der Waals surface area contributed by atoms with Crippen molar-refractivity contribution >= 4 is 37.7 Å². The second kappa shape index (κ2) is 6.20. The molecular weight excluding hydrogens is 324 g/mol. The summed E-state index contributed by atoms with van der Waals surface area (Å²) in [6, 6.07) is 13.4. The number of hydrogen-bond acceptors (Lipinski definition) is 1. The molecule has 21 heavy (non-hydrogen) atoms. The molecule has 0 bridgehead atoms. The van der Waals surface area contributed by atoms with Gasteiger partial charge in [-0.2, -0.15) is 0 Å². The molecule has 0 amide bonds. The van der Waals surface area contributed by atoms with Gasteiger partial charge in [0.1, 0.15) is 0 Å². The second-order valence-corrected chi connectivity index (χ2v) is 6.35. The van der Waals surface area contributed by atoms with Crippen LogP contribution in [-0.4, -0.2) is 11.1 Å². The van der Waals surface area contributed by atoms with E-state index in [1.165, 1.54) is 33.8 Å². The van der Waals surface area contributed by atoms with Crippen molar-refractivity contribution in [3.05, 3.63) is 46.4 Å². The Hall–Kier alpha value is -1.32. The Morgan fingerprint density at radius 2 is 1.86 bits per heavy atom. The van der Waals surface area contributed by atoms with Crippen molar-refractivity contribution in [2.75, 3.05) is 6.54 Å². The number of fused-ring (bicyclic) bond motifs is 3. The maximum absolute atomic E-state index is 3.59. The molecule has 2 aromatic carbocycles. The van der Waals surface area contributed by atoms with E-state index in [0.717, 1.165) is 24.1 Å². The van der Waals surface area contributed by atoms with E-state index >= 15 is 0 Å². The third kappa shape index (κ3) is 2.72. The number of hydrogen-bond donors (Lipinski definition) is 1. The average Bonchev–Trinajstić information content (AvgIpc) is 2.79. The summed E-state index contributed by atoms with van der Waals surface area (Å²) in [7, 11) is 0. The summed E-state index contributed by atoms with van der Waals surface area (Å²) in [6.45, 7) is 7.41. The summed E-state index contributed by atoms with van der Waals surface area (Å²) in [6.07, 6.45) is 1.17. The molecule has 110 valence electrons. The highest BCUT2D eigenvalue weighted by Crippen LogP contribution is 2.31. The van der Waals surface area contributed by atoms with Crippen molar-refractivity contribution in [3.8, 4) is 0 Å². The smallest absolute Gasteiger partial charge is 0.0502 e. The third-order valence-corrected chi connectivity index (χ3v) is 4.46. The minimum absolute atomic E-state index is 0.944. The summed E-state index contributed by atoms with van der Waals surface area (Å²) in [5.41, 5.74) is 3.99. The van der Waals surface area contributed by atoms with Gasteiger partial charge in [-0.15, -0.1) is 0 Å². The maximum atomic E-state index is 3.59. The predicted molar refractivity (Wildman–Crippen MR) is 94.8 cm³/mol. The zero-order chi connectivity index (χ0) is 14.8. The average molecular weight is 345 g/mol. The topological polar surface area (TPSA) is 17.0 Å². The van der Waals surface area contributed by atoms with E-state index in [9.17, 15) is 0 Å². The van der Waals surface area contributed by atoms with Gasteiger partial charge in [0.05, 0.1) is 5.52 Å². The van der Waals surface area contributed by atoms with E-state index in [1.807, 2.05) is 0 Å². The van der Waals surface area contributed by atoms with Gasteiger partial charge in [-0.3, -0.25) is 0 Å². The number of aryl methyl sites for hydroxylation is 1. The Kier molecular flexibility index (Phi) is 4.32. The van der Waals surface area contributed by atoms with Gasteiger partial charge in [0, 0.05) is 33.9 Å². The Bertz CT molecular complexity index is 774. The lowest BCUT2D eigenvalue weighted by Crippen LogP contribution is -2.13. The van der Waals surface area contributed by atoms with Crippen LogP contribution in [0, 0.1) is 0 Å². The molecule has 0 saturated carbocycles. The quantitative estimate of drug-likeness (QED) is 0.639. The van der Waals surface area contributed by atoms with Crippen LogP contribution in [0.1, 0.15) is 25.8 Å². The van der Waals surface area contributed by atoms with Crippen LogP contribution in [0.4, 0.5) is 0 Å². The fourth-order valence-corrected chi connectivity index (χ4v) is 3.33. The van der Waals surface area contributed by atoms with E-state index < -0.39 is 0 Å². The molecule has 0 radical (unpaired) electrons. The van der Waals surface area contributed by atoms with Gasteiger partial charge in [-0.1, -0.05) is 35.0 Å².